The summed E-state index contributed by atoms with van der Waals surface area (Å²) >= 11 is 0. The maximum Gasteiger partial charge on any atom is 0.306 e. The molecule has 0 aromatic carbocycles. The van der Waals surface area contributed by atoms with Crippen molar-refractivity contribution in [2.75, 3.05) is 26.4 Å². The highest BCUT2D eigenvalue weighted by molar-refractivity contribution is 5.78. The molecule has 0 spiro atoms. The summed E-state index contributed by atoms with van der Waals surface area (Å²) in [5.41, 5.74) is 0. The van der Waals surface area contributed by atoms with Crippen molar-refractivity contribution in [2.24, 2.45) is 11.8 Å². The van der Waals surface area contributed by atoms with E-state index in [2.05, 4.69) is 0 Å². The second-order valence-electron chi connectivity index (χ2n) is 10.5. The van der Waals surface area contributed by atoms with E-state index in [0.717, 1.165) is 38.5 Å². The van der Waals surface area contributed by atoms with Crippen LogP contribution in [0.5, 0.6) is 0 Å². The Balaban J connectivity index is 3.35. The fourth-order valence-corrected chi connectivity index (χ4v) is 3.38. The number of esters is 4. The van der Waals surface area contributed by atoms with Crippen molar-refractivity contribution in [1.29, 1.82) is 0 Å². The first-order valence-corrected chi connectivity index (χ1v) is 14.3. The molecule has 216 valence electrons. The highest BCUT2D eigenvalue weighted by Gasteiger charge is 2.11. The Labute approximate surface area is 224 Å². The zero-order valence-electron chi connectivity index (χ0n) is 23.9. The van der Waals surface area contributed by atoms with Gasteiger partial charge in [-0.2, -0.15) is 0 Å². The van der Waals surface area contributed by atoms with Gasteiger partial charge in [0.1, 0.15) is 0 Å². The lowest BCUT2D eigenvalue weighted by molar-refractivity contribution is -0.151. The van der Waals surface area contributed by atoms with Crippen LogP contribution in [0.2, 0.25) is 0 Å². The second-order valence-corrected chi connectivity index (χ2v) is 10.5. The fraction of sp³-hybridized carbons (Fsp3) is 0.862. The lowest BCUT2D eigenvalue weighted by atomic mass is 10.1. The predicted molar refractivity (Wildman–Crippen MR) is 143 cm³/mol. The van der Waals surface area contributed by atoms with E-state index in [1.54, 1.807) is 0 Å². The number of hydrogen-bond donors (Lipinski definition) is 0. The van der Waals surface area contributed by atoms with E-state index in [9.17, 15) is 19.2 Å². The van der Waals surface area contributed by atoms with Crippen molar-refractivity contribution in [2.45, 2.75) is 124 Å². The molecule has 0 radical (unpaired) electrons. The Bertz CT molecular complexity index is 563. The van der Waals surface area contributed by atoms with E-state index in [4.69, 9.17) is 18.9 Å². The molecule has 0 atom stereocenters. The summed E-state index contributed by atoms with van der Waals surface area (Å²) in [7, 11) is 0. The van der Waals surface area contributed by atoms with Gasteiger partial charge in [-0.25, -0.2) is 0 Å². The van der Waals surface area contributed by atoms with Crippen LogP contribution in [0.1, 0.15) is 124 Å². The third-order valence-corrected chi connectivity index (χ3v) is 5.54. The van der Waals surface area contributed by atoms with Crippen molar-refractivity contribution < 1.29 is 38.1 Å². The minimum atomic E-state index is -0.347. The van der Waals surface area contributed by atoms with Gasteiger partial charge in [0, 0.05) is 0 Å². The number of hydrogen-bond acceptors (Lipinski definition) is 8. The van der Waals surface area contributed by atoms with Gasteiger partial charge in [0.2, 0.25) is 0 Å². The average Bonchev–Trinajstić information content (AvgIpc) is 2.85. The Kier molecular flexibility index (Phi) is 22.8. The van der Waals surface area contributed by atoms with E-state index >= 15 is 0 Å². The Hall–Kier alpha value is -2.12. The van der Waals surface area contributed by atoms with E-state index in [1.807, 2.05) is 27.7 Å². The van der Waals surface area contributed by atoms with Crippen LogP contribution in [0.15, 0.2) is 0 Å². The largest absolute Gasteiger partial charge is 0.466 e. The lowest BCUT2D eigenvalue weighted by Crippen LogP contribution is -2.13. The fourth-order valence-electron chi connectivity index (χ4n) is 3.38. The predicted octanol–water partition coefficient (Wildman–Crippen LogP) is 6.32. The van der Waals surface area contributed by atoms with Gasteiger partial charge in [0.15, 0.2) is 0 Å². The second kappa shape index (κ2) is 24.2. The molecule has 0 aliphatic rings. The summed E-state index contributed by atoms with van der Waals surface area (Å²) in [5, 5.41) is 0. The SMILES string of the molecule is CC(C)COC(=O)CCC(=O)OCCCCCCCCCCCCCOC(=O)CCC(=O)OCC(C)C. The van der Waals surface area contributed by atoms with Gasteiger partial charge < -0.3 is 18.9 Å². The molecule has 0 aromatic heterocycles. The average molecular weight is 529 g/mol. The van der Waals surface area contributed by atoms with Crippen LogP contribution >= 0.6 is 0 Å². The van der Waals surface area contributed by atoms with Gasteiger partial charge in [-0.15, -0.1) is 0 Å². The molecular weight excluding hydrogens is 476 g/mol. The molecule has 0 unspecified atom stereocenters. The monoisotopic (exact) mass is 528 g/mol. The highest BCUT2D eigenvalue weighted by atomic mass is 16.5. The van der Waals surface area contributed by atoms with Crippen LogP contribution < -0.4 is 0 Å². The zero-order valence-corrected chi connectivity index (χ0v) is 23.9. The molecule has 0 N–H and O–H groups in total. The molecule has 37 heavy (non-hydrogen) atoms. The third-order valence-electron chi connectivity index (χ3n) is 5.54. The summed E-state index contributed by atoms with van der Waals surface area (Å²) in [6, 6.07) is 0. The number of rotatable bonds is 24. The third kappa shape index (κ3) is 26.7. The summed E-state index contributed by atoms with van der Waals surface area (Å²) < 4.78 is 20.4. The molecule has 0 aliphatic heterocycles. The number of ether oxygens (including phenoxy) is 4. The molecule has 0 amide bonds. The first-order chi connectivity index (χ1) is 17.7. The van der Waals surface area contributed by atoms with E-state index in [1.165, 1.54) is 32.1 Å². The van der Waals surface area contributed by atoms with Crippen molar-refractivity contribution in [3.8, 4) is 0 Å². The topological polar surface area (TPSA) is 105 Å². The van der Waals surface area contributed by atoms with E-state index in [-0.39, 0.29) is 61.4 Å². The Morgan fingerprint density at radius 1 is 0.405 bits per heavy atom. The van der Waals surface area contributed by atoms with Crippen LogP contribution in [-0.2, 0) is 38.1 Å². The molecule has 0 saturated carbocycles. The minimum absolute atomic E-state index is 0.0805. The van der Waals surface area contributed by atoms with Crippen LogP contribution in [0.25, 0.3) is 0 Å². The van der Waals surface area contributed by atoms with Crippen LogP contribution in [-0.4, -0.2) is 50.3 Å². The first-order valence-electron chi connectivity index (χ1n) is 14.3. The lowest BCUT2D eigenvalue weighted by Gasteiger charge is -2.07. The van der Waals surface area contributed by atoms with Crippen LogP contribution in [0.3, 0.4) is 0 Å². The summed E-state index contributed by atoms with van der Waals surface area (Å²) in [5.74, 6) is -0.784. The van der Waals surface area contributed by atoms with Gasteiger partial charge in [0.25, 0.3) is 0 Å². The molecule has 0 fully saturated rings. The smallest absolute Gasteiger partial charge is 0.306 e. The standard InChI is InChI=1S/C29H52O8/c1-24(2)22-36-28(32)18-16-26(30)34-20-14-12-10-8-6-5-7-9-11-13-15-21-35-27(31)17-19-29(33)37-23-25(3)4/h24-25H,5-23H2,1-4H3. The molecule has 0 rings (SSSR count). The van der Waals surface area contributed by atoms with Crippen molar-refractivity contribution >= 4 is 23.9 Å². The summed E-state index contributed by atoms with van der Waals surface area (Å²) in [4.78, 5) is 46.3. The molecule has 0 bridgehead atoms. The number of carbonyl (C=O) groups excluding carboxylic acids is 4. The van der Waals surface area contributed by atoms with Crippen molar-refractivity contribution in [3.05, 3.63) is 0 Å². The van der Waals surface area contributed by atoms with Crippen LogP contribution in [0, 0.1) is 11.8 Å². The molecular formula is C29H52O8. The van der Waals surface area contributed by atoms with Gasteiger partial charge in [0.05, 0.1) is 52.1 Å². The molecule has 0 heterocycles. The molecule has 8 heteroatoms. The van der Waals surface area contributed by atoms with E-state index in [0.29, 0.717) is 26.4 Å². The highest BCUT2D eigenvalue weighted by Crippen LogP contribution is 2.12. The quantitative estimate of drug-likeness (QED) is 0.0814. The zero-order chi connectivity index (χ0) is 27.7. The van der Waals surface area contributed by atoms with Gasteiger partial charge in [-0.05, 0) is 24.7 Å². The molecule has 0 aromatic rings. The maximum atomic E-state index is 11.7. The summed E-state index contributed by atoms with van der Waals surface area (Å²) in [6.07, 6.45) is 12.4. The normalized spacial score (nSPS) is 11.0. The van der Waals surface area contributed by atoms with Crippen molar-refractivity contribution in [1.82, 2.24) is 0 Å². The molecule has 0 saturated heterocycles. The maximum absolute atomic E-state index is 11.7. The first kappa shape index (κ1) is 34.9. The molecule has 0 aliphatic carbocycles. The van der Waals surface area contributed by atoms with Gasteiger partial charge in [-0.1, -0.05) is 85.5 Å². The van der Waals surface area contributed by atoms with Gasteiger partial charge >= 0.3 is 23.9 Å². The Morgan fingerprint density at radius 2 is 0.649 bits per heavy atom. The number of unbranched alkanes of at least 4 members (excludes halogenated alkanes) is 10. The van der Waals surface area contributed by atoms with E-state index < -0.39 is 0 Å². The molecule has 8 nitrogen and oxygen atoms in total. The minimum Gasteiger partial charge on any atom is -0.466 e. The number of carbonyl (C=O) groups is 4. The van der Waals surface area contributed by atoms with Crippen LogP contribution in [0.4, 0.5) is 0 Å². The summed E-state index contributed by atoms with van der Waals surface area (Å²) in [6.45, 7) is 9.47. The van der Waals surface area contributed by atoms with Crippen molar-refractivity contribution in [3.63, 3.8) is 0 Å². The Morgan fingerprint density at radius 3 is 0.919 bits per heavy atom. The van der Waals surface area contributed by atoms with Gasteiger partial charge in [-0.3, -0.25) is 19.2 Å².